The van der Waals surface area contributed by atoms with Gasteiger partial charge in [-0.1, -0.05) is 18.2 Å². The lowest BCUT2D eigenvalue weighted by Crippen LogP contribution is -2.20. The fourth-order valence-electron chi connectivity index (χ4n) is 2.03. The number of hydrogen-bond acceptors (Lipinski definition) is 3. The van der Waals surface area contributed by atoms with Crippen LogP contribution in [0, 0.1) is 6.92 Å². The summed E-state index contributed by atoms with van der Waals surface area (Å²) in [6.07, 6.45) is 0. The first-order valence-electron chi connectivity index (χ1n) is 7.09. The zero-order valence-corrected chi connectivity index (χ0v) is 13.9. The van der Waals surface area contributed by atoms with Crippen molar-refractivity contribution in [3.05, 3.63) is 53.6 Å². The summed E-state index contributed by atoms with van der Waals surface area (Å²) in [7, 11) is 0. The standard InChI is InChI=1S/C17H16F2N2O2S/c1-10-6-7-14(15(8-10)23-16(18)19)21-17(24)20-13-5-3-4-12(9-13)11(2)22/h3-9,16H,1-2H3,(H2,20,21,24). The van der Waals surface area contributed by atoms with Gasteiger partial charge in [-0.3, -0.25) is 4.79 Å². The van der Waals surface area contributed by atoms with Gasteiger partial charge in [0.1, 0.15) is 5.75 Å². The minimum absolute atomic E-state index is 0.00615. The smallest absolute Gasteiger partial charge is 0.387 e. The average Bonchev–Trinajstić information content (AvgIpc) is 2.49. The number of carbonyl (C=O) groups is 1. The minimum Gasteiger partial charge on any atom is -0.433 e. The molecular weight excluding hydrogens is 334 g/mol. The highest BCUT2D eigenvalue weighted by Gasteiger charge is 2.11. The average molecular weight is 350 g/mol. The highest BCUT2D eigenvalue weighted by molar-refractivity contribution is 7.80. The van der Waals surface area contributed by atoms with Crippen molar-refractivity contribution in [3.8, 4) is 5.75 Å². The number of carbonyl (C=O) groups excluding carboxylic acids is 1. The van der Waals surface area contributed by atoms with Gasteiger partial charge in [0.2, 0.25) is 0 Å². The zero-order valence-electron chi connectivity index (χ0n) is 13.1. The molecule has 2 aromatic rings. The second kappa shape index (κ2) is 7.83. The van der Waals surface area contributed by atoms with E-state index in [1.807, 2.05) is 0 Å². The number of rotatable bonds is 5. The molecule has 4 nitrogen and oxygen atoms in total. The van der Waals surface area contributed by atoms with Crippen LogP contribution >= 0.6 is 12.2 Å². The maximum atomic E-state index is 12.5. The van der Waals surface area contributed by atoms with E-state index in [9.17, 15) is 13.6 Å². The first-order valence-corrected chi connectivity index (χ1v) is 7.50. The molecule has 0 spiro atoms. The van der Waals surface area contributed by atoms with Crippen LogP contribution in [0.5, 0.6) is 5.75 Å². The molecule has 0 aromatic heterocycles. The topological polar surface area (TPSA) is 50.4 Å². The number of alkyl halides is 2. The maximum Gasteiger partial charge on any atom is 0.387 e. The summed E-state index contributed by atoms with van der Waals surface area (Å²) in [6.45, 7) is 0.308. The largest absolute Gasteiger partial charge is 0.433 e. The molecule has 2 aromatic carbocycles. The van der Waals surface area contributed by atoms with Gasteiger partial charge in [0.25, 0.3) is 0 Å². The van der Waals surface area contributed by atoms with E-state index in [4.69, 9.17) is 12.2 Å². The second-order valence-electron chi connectivity index (χ2n) is 5.09. The number of nitrogens with one attached hydrogen (secondary N) is 2. The van der Waals surface area contributed by atoms with Crippen LogP contribution in [0.3, 0.4) is 0 Å². The molecule has 0 amide bonds. The quantitative estimate of drug-likeness (QED) is 0.609. The molecule has 0 aliphatic rings. The Labute approximate surface area is 143 Å². The lowest BCUT2D eigenvalue weighted by atomic mass is 10.1. The van der Waals surface area contributed by atoms with Gasteiger partial charge >= 0.3 is 6.61 Å². The summed E-state index contributed by atoms with van der Waals surface area (Å²) < 4.78 is 29.5. The lowest BCUT2D eigenvalue weighted by Gasteiger charge is -2.15. The Balaban J connectivity index is 2.12. The van der Waals surface area contributed by atoms with Crippen LogP contribution < -0.4 is 15.4 Å². The lowest BCUT2D eigenvalue weighted by molar-refractivity contribution is -0.0493. The predicted octanol–water partition coefficient (Wildman–Crippen LogP) is 4.61. The molecule has 2 N–H and O–H groups in total. The number of aryl methyl sites for hydroxylation is 1. The molecule has 0 fully saturated rings. The molecule has 2 rings (SSSR count). The number of thiocarbonyl (C=S) groups is 1. The van der Waals surface area contributed by atoms with E-state index < -0.39 is 6.61 Å². The highest BCUT2D eigenvalue weighted by atomic mass is 32.1. The van der Waals surface area contributed by atoms with Gasteiger partial charge in [-0.05, 0) is 55.9 Å². The third-order valence-electron chi connectivity index (χ3n) is 3.13. The maximum absolute atomic E-state index is 12.5. The molecule has 0 aliphatic heterocycles. The number of halogens is 2. The van der Waals surface area contributed by atoms with Crippen LogP contribution in [-0.4, -0.2) is 17.5 Å². The highest BCUT2D eigenvalue weighted by Crippen LogP contribution is 2.27. The summed E-state index contributed by atoms with van der Waals surface area (Å²) in [5.41, 5.74) is 2.26. The summed E-state index contributed by atoms with van der Waals surface area (Å²) in [6, 6.07) is 11.7. The number of ether oxygens (including phenoxy) is 1. The molecule has 0 aliphatic carbocycles. The first-order chi connectivity index (χ1) is 11.3. The Morgan fingerprint density at radius 2 is 1.92 bits per heavy atom. The molecule has 24 heavy (non-hydrogen) atoms. The van der Waals surface area contributed by atoms with E-state index in [1.54, 1.807) is 43.3 Å². The number of anilines is 2. The van der Waals surface area contributed by atoms with E-state index in [1.165, 1.54) is 13.0 Å². The van der Waals surface area contributed by atoms with Crippen LogP contribution in [0.1, 0.15) is 22.8 Å². The third kappa shape index (κ3) is 4.99. The van der Waals surface area contributed by atoms with Crippen LogP contribution in [0.2, 0.25) is 0 Å². The fraction of sp³-hybridized carbons (Fsp3) is 0.176. The molecule has 0 bridgehead atoms. The molecule has 126 valence electrons. The SMILES string of the molecule is CC(=O)c1cccc(NC(=S)Nc2ccc(C)cc2OC(F)F)c1. The summed E-state index contributed by atoms with van der Waals surface area (Å²) in [5.74, 6) is -0.0599. The van der Waals surface area contributed by atoms with E-state index >= 15 is 0 Å². The number of ketones is 1. The van der Waals surface area contributed by atoms with E-state index in [-0.39, 0.29) is 16.6 Å². The van der Waals surface area contributed by atoms with Gasteiger partial charge in [-0.2, -0.15) is 8.78 Å². The molecule has 0 heterocycles. The van der Waals surface area contributed by atoms with Crippen molar-refractivity contribution in [1.82, 2.24) is 0 Å². The van der Waals surface area contributed by atoms with Gasteiger partial charge in [0.15, 0.2) is 10.9 Å². The Kier molecular flexibility index (Phi) is 5.81. The van der Waals surface area contributed by atoms with Crippen molar-refractivity contribution < 1.29 is 18.3 Å². The molecule has 7 heteroatoms. The van der Waals surface area contributed by atoms with Crippen LogP contribution in [0.25, 0.3) is 0 Å². The van der Waals surface area contributed by atoms with Gasteiger partial charge in [0.05, 0.1) is 5.69 Å². The first kappa shape index (κ1) is 17.8. The molecule has 0 unspecified atom stereocenters. The molecule has 0 saturated carbocycles. The fourth-order valence-corrected chi connectivity index (χ4v) is 2.25. The van der Waals surface area contributed by atoms with Crippen LogP contribution in [0.4, 0.5) is 20.2 Å². The van der Waals surface area contributed by atoms with E-state index in [0.717, 1.165) is 5.56 Å². The Hall–Kier alpha value is -2.54. The van der Waals surface area contributed by atoms with Crippen molar-refractivity contribution in [2.75, 3.05) is 10.6 Å². The third-order valence-corrected chi connectivity index (χ3v) is 3.33. The number of hydrogen-bond donors (Lipinski definition) is 2. The van der Waals surface area contributed by atoms with Gasteiger partial charge < -0.3 is 15.4 Å². The monoisotopic (exact) mass is 350 g/mol. The number of benzene rings is 2. The van der Waals surface area contributed by atoms with Crippen molar-refractivity contribution in [2.45, 2.75) is 20.5 Å². The second-order valence-corrected chi connectivity index (χ2v) is 5.50. The van der Waals surface area contributed by atoms with E-state index in [2.05, 4.69) is 15.4 Å². The molecule has 0 atom stereocenters. The minimum atomic E-state index is -2.93. The number of Topliss-reactive ketones (excluding diaryl/α,β-unsaturated/α-hetero) is 1. The van der Waals surface area contributed by atoms with Crippen molar-refractivity contribution in [1.29, 1.82) is 0 Å². The summed E-state index contributed by atoms with van der Waals surface area (Å²) >= 11 is 5.18. The van der Waals surface area contributed by atoms with Crippen LogP contribution in [-0.2, 0) is 0 Å². The van der Waals surface area contributed by atoms with E-state index in [0.29, 0.717) is 16.9 Å². The van der Waals surface area contributed by atoms with Gasteiger partial charge in [-0.15, -0.1) is 0 Å². The summed E-state index contributed by atoms with van der Waals surface area (Å²) in [5, 5.41) is 5.92. The Morgan fingerprint density at radius 3 is 2.58 bits per heavy atom. The Bertz CT molecular complexity index is 766. The predicted molar refractivity (Wildman–Crippen MR) is 94.1 cm³/mol. The normalized spacial score (nSPS) is 10.4. The van der Waals surface area contributed by atoms with Crippen molar-refractivity contribution in [2.24, 2.45) is 0 Å². The van der Waals surface area contributed by atoms with Gasteiger partial charge in [-0.25, -0.2) is 0 Å². The Morgan fingerprint density at radius 1 is 1.17 bits per heavy atom. The van der Waals surface area contributed by atoms with Crippen molar-refractivity contribution >= 4 is 34.5 Å². The zero-order chi connectivity index (χ0) is 17.7. The van der Waals surface area contributed by atoms with Crippen molar-refractivity contribution in [3.63, 3.8) is 0 Å². The van der Waals surface area contributed by atoms with Crippen LogP contribution in [0.15, 0.2) is 42.5 Å². The van der Waals surface area contributed by atoms with Gasteiger partial charge in [0, 0.05) is 11.3 Å². The molecule has 0 radical (unpaired) electrons. The molecule has 0 saturated heterocycles. The molecular formula is C17H16F2N2O2S. The summed E-state index contributed by atoms with van der Waals surface area (Å²) in [4.78, 5) is 11.4.